The topological polar surface area (TPSA) is 63.4 Å². The molecule has 0 radical (unpaired) electrons. The van der Waals surface area contributed by atoms with E-state index in [0.29, 0.717) is 12.2 Å². The Kier molecular flexibility index (Phi) is 3.69. The number of nitrogens with two attached hydrogens (primary N) is 1. The predicted octanol–water partition coefficient (Wildman–Crippen LogP) is 2.38. The first kappa shape index (κ1) is 14.7. The zero-order valence-electron chi connectivity index (χ0n) is 12.6. The molecule has 0 aliphatic carbocycles. The van der Waals surface area contributed by atoms with Gasteiger partial charge in [0.15, 0.2) is 0 Å². The van der Waals surface area contributed by atoms with E-state index in [0.717, 1.165) is 11.1 Å². The minimum atomic E-state index is -0.609. The molecule has 1 fully saturated rings. The number of amides is 2. The fraction of sp³-hybridized carbons (Fsp3) is 0.500. The molecule has 1 aromatic carbocycles. The quantitative estimate of drug-likeness (QED) is 0.861. The summed E-state index contributed by atoms with van der Waals surface area (Å²) in [7, 11) is 0. The molecule has 0 bridgehead atoms. The monoisotopic (exact) mass is 274 g/mol. The van der Waals surface area contributed by atoms with Crippen LogP contribution in [0, 0.1) is 18.3 Å². The van der Waals surface area contributed by atoms with E-state index in [2.05, 4.69) is 0 Å². The minimum absolute atomic E-state index is 0.102. The summed E-state index contributed by atoms with van der Waals surface area (Å²) in [5.41, 5.74) is 7.55. The van der Waals surface area contributed by atoms with Crippen LogP contribution < -0.4 is 10.6 Å². The maximum Gasteiger partial charge on any atom is 0.240 e. The number of hydrogen-bond donors (Lipinski definition) is 1. The van der Waals surface area contributed by atoms with Crippen LogP contribution in [-0.2, 0) is 16.1 Å². The number of nitrogens with zero attached hydrogens (tertiary/aromatic N) is 1. The molecular formula is C16H22N2O2. The highest BCUT2D eigenvalue weighted by Gasteiger charge is 2.50. The van der Waals surface area contributed by atoms with E-state index in [4.69, 9.17) is 5.73 Å². The smallest absolute Gasteiger partial charge is 0.240 e. The van der Waals surface area contributed by atoms with Gasteiger partial charge < -0.3 is 5.73 Å². The second-order valence-electron chi connectivity index (χ2n) is 6.11. The van der Waals surface area contributed by atoms with Crippen LogP contribution in [0.4, 0.5) is 5.69 Å². The highest BCUT2D eigenvalue weighted by molar-refractivity contribution is 6.22. The van der Waals surface area contributed by atoms with Gasteiger partial charge in [-0.3, -0.25) is 9.59 Å². The Bertz CT molecular complexity index is 566. The Morgan fingerprint density at radius 3 is 2.50 bits per heavy atom. The maximum absolute atomic E-state index is 12.7. The average molecular weight is 274 g/mol. The number of benzene rings is 1. The van der Waals surface area contributed by atoms with Crippen molar-refractivity contribution in [3.05, 3.63) is 29.3 Å². The van der Waals surface area contributed by atoms with Crippen LogP contribution in [0.1, 0.15) is 38.3 Å². The van der Waals surface area contributed by atoms with Gasteiger partial charge in [-0.2, -0.15) is 0 Å². The van der Waals surface area contributed by atoms with Crippen molar-refractivity contribution in [2.75, 3.05) is 4.90 Å². The van der Waals surface area contributed by atoms with Crippen molar-refractivity contribution in [3.63, 3.8) is 0 Å². The molecule has 1 atom stereocenters. The Hall–Kier alpha value is -1.68. The minimum Gasteiger partial charge on any atom is -0.326 e. The normalized spacial score (nSPS) is 23.0. The summed E-state index contributed by atoms with van der Waals surface area (Å²) in [6.07, 6.45) is 0.274. The second-order valence-corrected chi connectivity index (χ2v) is 6.11. The van der Waals surface area contributed by atoms with E-state index in [1.807, 2.05) is 45.9 Å². The van der Waals surface area contributed by atoms with Crippen LogP contribution in [-0.4, -0.2) is 11.8 Å². The van der Waals surface area contributed by atoms with E-state index in [1.165, 1.54) is 4.90 Å². The molecule has 20 heavy (non-hydrogen) atoms. The van der Waals surface area contributed by atoms with Crippen molar-refractivity contribution in [1.82, 2.24) is 0 Å². The van der Waals surface area contributed by atoms with Crippen LogP contribution in [0.15, 0.2) is 18.2 Å². The molecule has 1 heterocycles. The Labute approximate surface area is 119 Å². The van der Waals surface area contributed by atoms with Gasteiger partial charge in [0.25, 0.3) is 0 Å². The summed E-state index contributed by atoms with van der Waals surface area (Å²) in [4.78, 5) is 26.4. The molecule has 2 amide bonds. The molecule has 1 saturated heterocycles. The van der Waals surface area contributed by atoms with Gasteiger partial charge in [0, 0.05) is 13.0 Å². The SMILES string of the molecule is Cc1ccc(CN)cc1N1C(=O)CC(C)(C(C)C)C1=O. The van der Waals surface area contributed by atoms with Gasteiger partial charge in [-0.05, 0) is 37.0 Å². The summed E-state index contributed by atoms with van der Waals surface area (Å²) >= 11 is 0. The van der Waals surface area contributed by atoms with E-state index in [-0.39, 0.29) is 24.2 Å². The third-order valence-electron chi connectivity index (χ3n) is 4.48. The largest absolute Gasteiger partial charge is 0.326 e. The summed E-state index contributed by atoms with van der Waals surface area (Å²) in [5.74, 6) is -0.0970. The van der Waals surface area contributed by atoms with Gasteiger partial charge in [-0.25, -0.2) is 4.90 Å². The highest BCUT2D eigenvalue weighted by atomic mass is 16.2. The molecule has 0 spiro atoms. The van der Waals surface area contributed by atoms with Crippen LogP contribution in [0.25, 0.3) is 0 Å². The standard InChI is InChI=1S/C16H22N2O2/c1-10(2)16(4)8-14(19)18(15(16)20)13-7-12(9-17)6-5-11(13)3/h5-7,10H,8-9,17H2,1-4H3. The number of carbonyl (C=O) groups is 2. The maximum atomic E-state index is 12.7. The van der Waals surface area contributed by atoms with Crippen LogP contribution in [0.2, 0.25) is 0 Å². The Morgan fingerprint density at radius 1 is 1.35 bits per heavy atom. The lowest BCUT2D eigenvalue weighted by atomic mass is 9.78. The van der Waals surface area contributed by atoms with Crippen molar-refractivity contribution in [3.8, 4) is 0 Å². The van der Waals surface area contributed by atoms with Crippen molar-refractivity contribution in [2.24, 2.45) is 17.1 Å². The lowest BCUT2D eigenvalue weighted by Crippen LogP contribution is -2.37. The van der Waals surface area contributed by atoms with Gasteiger partial charge in [-0.1, -0.05) is 26.0 Å². The van der Waals surface area contributed by atoms with Gasteiger partial charge in [0.1, 0.15) is 0 Å². The number of aryl methyl sites for hydroxylation is 1. The van der Waals surface area contributed by atoms with Crippen molar-refractivity contribution in [1.29, 1.82) is 0 Å². The van der Waals surface area contributed by atoms with E-state index >= 15 is 0 Å². The molecule has 0 saturated carbocycles. The highest BCUT2D eigenvalue weighted by Crippen LogP contribution is 2.42. The molecule has 2 N–H and O–H groups in total. The van der Waals surface area contributed by atoms with Gasteiger partial charge in [-0.15, -0.1) is 0 Å². The Morgan fingerprint density at radius 2 is 2.00 bits per heavy atom. The van der Waals surface area contributed by atoms with E-state index in [9.17, 15) is 9.59 Å². The van der Waals surface area contributed by atoms with Crippen molar-refractivity contribution >= 4 is 17.5 Å². The first-order chi connectivity index (χ1) is 9.31. The van der Waals surface area contributed by atoms with E-state index < -0.39 is 5.41 Å². The molecule has 4 nitrogen and oxygen atoms in total. The van der Waals surface area contributed by atoms with Gasteiger partial charge >= 0.3 is 0 Å². The molecule has 1 aromatic rings. The summed E-state index contributed by atoms with van der Waals surface area (Å²) in [6, 6.07) is 5.67. The number of hydrogen-bond acceptors (Lipinski definition) is 3. The molecule has 4 heteroatoms. The molecule has 1 aliphatic rings. The first-order valence-corrected chi connectivity index (χ1v) is 6.98. The zero-order chi connectivity index (χ0) is 15.1. The molecule has 1 unspecified atom stereocenters. The Balaban J connectivity index is 2.48. The fourth-order valence-electron chi connectivity index (χ4n) is 2.56. The van der Waals surface area contributed by atoms with E-state index in [1.54, 1.807) is 0 Å². The number of imide groups is 1. The lowest BCUT2D eigenvalue weighted by Gasteiger charge is -2.26. The van der Waals surface area contributed by atoms with Crippen molar-refractivity contribution < 1.29 is 9.59 Å². The lowest BCUT2D eigenvalue weighted by molar-refractivity contribution is -0.126. The number of rotatable bonds is 3. The van der Waals surface area contributed by atoms with Gasteiger partial charge in [0.05, 0.1) is 11.1 Å². The predicted molar refractivity (Wildman–Crippen MR) is 79.1 cm³/mol. The number of carbonyl (C=O) groups excluding carboxylic acids is 2. The van der Waals surface area contributed by atoms with Crippen molar-refractivity contribution in [2.45, 2.75) is 40.7 Å². The van der Waals surface area contributed by atoms with Gasteiger partial charge in [0.2, 0.25) is 11.8 Å². The summed E-state index contributed by atoms with van der Waals surface area (Å²) in [6.45, 7) is 8.14. The third kappa shape index (κ3) is 2.14. The molecule has 108 valence electrons. The number of anilines is 1. The summed E-state index contributed by atoms with van der Waals surface area (Å²) < 4.78 is 0. The molecule has 0 aromatic heterocycles. The fourth-order valence-corrected chi connectivity index (χ4v) is 2.56. The zero-order valence-corrected chi connectivity index (χ0v) is 12.6. The van der Waals surface area contributed by atoms with Crippen LogP contribution in [0.3, 0.4) is 0 Å². The molecule has 2 rings (SSSR count). The molecule has 1 aliphatic heterocycles. The van der Waals surface area contributed by atoms with Crippen LogP contribution in [0.5, 0.6) is 0 Å². The molecular weight excluding hydrogens is 252 g/mol. The summed E-state index contributed by atoms with van der Waals surface area (Å²) in [5, 5.41) is 0. The van der Waals surface area contributed by atoms with Crippen LogP contribution >= 0.6 is 0 Å². The first-order valence-electron chi connectivity index (χ1n) is 6.98. The second kappa shape index (κ2) is 5.02. The average Bonchev–Trinajstić information content (AvgIpc) is 2.62. The third-order valence-corrected chi connectivity index (χ3v) is 4.48.